The van der Waals surface area contributed by atoms with Crippen LogP contribution in [0.25, 0.3) is 0 Å². The highest BCUT2D eigenvalue weighted by atomic mass is 19.4. The smallest absolute Gasteiger partial charge is 0.324 e. The van der Waals surface area contributed by atoms with Crippen LogP contribution in [0.3, 0.4) is 0 Å². The zero-order chi connectivity index (χ0) is 15.1. The van der Waals surface area contributed by atoms with Crippen LogP contribution >= 0.6 is 0 Å². The molecule has 1 aliphatic rings. The predicted molar refractivity (Wildman–Crippen MR) is 60.7 cm³/mol. The molecule has 20 heavy (non-hydrogen) atoms. The van der Waals surface area contributed by atoms with Gasteiger partial charge in [0.15, 0.2) is 0 Å². The molecule has 7 heteroatoms. The topological polar surface area (TPSA) is 26.0 Å². The molecule has 1 nitrogen and oxygen atoms in total. The molecule has 0 bridgehead atoms. The van der Waals surface area contributed by atoms with Crippen LogP contribution in [0, 0.1) is 5.92 Å². The average Bonchev–Trinajstić information content (AvgIpc) is 3.09. The lowest BCUT2D eigenvalue weighted by Gasteiger charge is -2.20. The van der Waals surface area contributed by atoms with Crippen LogP contribution in [0.5, 0.6) is 0 Å². The van der Waals surface area contributed by atoms with Gasteiger partial charge in [-0.3, -0.25) is 0 Å². The molecule has 1 atom stereocenters. The van der Waals surface area contributed by atoms with E-state index in [9.17, 15) is 26.3 Å². The molecule has 112 valence electrons. The number of benzene rings is 1. The highest BCUT2D eigenvalue weighted by molar-refractivity contribution is 5.37. The van der Waals surface area contributed by atoms with Gasteiger partial charge in [-0.2, -0.15) is 26.3 Å². The Balaban J connectivity index is 2.39. The Labute approximate surface area is 111 Å². The van der Waals surface area contributed by atoms with Gasteiger partial charge in [0.2, 0.25) is 0 Å². The van der Waals surface area contributed by atoms with Gasteiger partial charge in [0.1, 0.15) is 0 Å². The van der Waals surface area contributed by atoms with E-state index in [1.807, 2.05) is 0 Å². The first-order chi connectivity index (χ1) is 9.09. The number of halogens is 6. The standard InChI is InChI=1S/C13H13F6N/c14-12(15,16)8-3-4-9(10(6-8)13(17,18)19)11(20)5-7-1-2-7/h3-4,6-7,11H,1-2,5,20H2/t11-/m0/s1. The second-order valence-corrected chi connectivity index (χ2v) is 5.08. The summed E-state index contributed by atoms with van der Waals surface area (Å²) in [6.07, 6.45) is -7.46. The third-order valence-electron chi connectivity index (χ3n) is 3.37. The van der Waals surface area contributed by atoms with Crippen molar-refractivity contribution >= 4 is 0 Å². The summed E-state index contributed by atoms with van der Waals surface area (Å²) in [4.78, 5) is 0. The van der Waals surface area contributed by atoms with Gasteiger partial charge in [0, 0.05) is 6.04 Å². The van der Waals surface area contributed by atoms with Crippen molar-refractivity contribution < 1.29 is 26.3 Å². The average molecular weight is 297 g/mol. The molecule has 0 aromatic heterocycles. The second kappa shape index (κ2) is 4.95. The van der Waals surface area contributed by atoms with Crippen LogP contribution in [0.1, 0.15) is 42.0 Å². The molecule has 2 N–H and O–H groups in total. The van der Waals surface area contributed by atoms with E-state index in [1.54, 1.807) is 0 Å². The Hall–Kier alpha value is -1.24. The highest BCUT2D eigenvalue weighted by Gasteiger charge is 2.39. The zero-order valence-electron chi connectivity index (χ0n) is 10.4. The van der Waals surface area contributed by atoms with Crippen LogP contribution in [0.15, 0.2) is 18.2 Å². The third kappa shape index (κ3) is 3.45. The molecule has 0 heterocycles. The van der Waals surface area contributed by atoms with Crippen molar-refractivity contribution in [2.24, 2.45) is 11.7 Å². The molecule has 1 saturated carbocycles. The summed E-state index contributed by atoms with van der Waals surface area (Å²) in [5.41, 5.74) is 2.84. The number of rotatable bonds is 3. The van der Waals surface area contributed by atoms with Crippen molar-refractivity contribution in [3.8, 4) is 0 Å². The molecule has 0 radical (unpaired) electrons. The van der Waals surface area contributed by atoms with E-state index in [2.05, 4.69) is 0 Å². The van der Waals surface area contributed by atoms with Crippen LogP contribution < -0.4 is 5.73 Å². The summed E-state index contributed by atoms with van der Waals surface area (Å²) in [5, 5.41) is 0. The van der Waals surface area contributed by atoms with Gasteiger partial charge in [-0.15, -0.1) is 0 Å². The van der Waals surface area contributed by atoms with Crippen molar-refractivity contribution in [1.82, 2.24) is 0 Å². The number of alkyl halides is 6. The Morgan fingerprint density at radius 3 is 2.10 bits per heavy atom. The largest absolute Gasteiger partial charge is 0.416 e. The van der Waals surface area contributed by atoms with Gasteiger partial charge in [0.25, 0.3) is 0 Å². The van der Waals surface area contributed by atoms with E-state index in [-0.39, 0.29) is 17.5 Å². The first-order valence-electron chi connectivity index (χ1n) is 6.13. The van der Waals surface area contributed by atoms with E-state index < -0.39 is 29.5 Å². The SMILES string of the molecule is N[C@@H](CC1CC1)c1ccc(C(F)(F)F)cc1C(F)(F)F. The Bertz CT molecular complexity index is 487. The van der Waals surface area contributed by atoms with E-state index in [0.29, 0.717) is 12.5 Å². The molecule has 0 amide bonds. The first-order valence-corrected chi connectivity index (χ1v) is 6.13. The van der Waals surface area contributed by atoms with Gasteiger partial charge in [-0.25, -0.2) is 0 Å². The van der Waals surface area contributed by atoms with Crippen LogP contribution in [-0.2, 0) is 12.4 Å². The van der Waals surface area contributed by atoms with Gasteiger partial charge < -0.3 is 5.73 Å². The number of hydrogen-bond acceptors (Lipinski definition) is 1. The third-order valence-corrected chi connectivity index (χ3v) is 3.37. The van der Waals surface area contributed by atoms with E-state index >= 15 is 0 Å². The minimum atomic E-state index is -4.85. The number of nitrogens with two attached hydrogens (primary N) is 1. The lowest BCUT2D eigenvalue weighted by atomic mass is 9.94. The fourth-order valence-electron chi connectivity index (χ4n) is 2.14. The Kier molecular flexibility index (Phi) is 3.75. The molecular formula is C13H13F6N. The van der Waals surface area contributed by atoms with Gasteiger partial charge in [0.05, 0.1) is 11.1 Å². The minimum absolute atomic E-state index is 0.141. The Morgan fingerprint density at radius 2 is 1.65 bits per heavy atom. The molecule has 2 rings (SSSR count). The summed E-state index contributed by atoms with van der Waals surface area (Å²) >= 11 is 0. The van der Waals surface area contributed by atoms with Gasteiger partial charge in [-0.05, 0) is 30.0 Å². The number of hydrogen-bond donors (Lipinski definition) is 1. The fraction of sp³-hybridized carbons (Fsp3) is 0.538. The maximum absolute atomic E-state index is 12.9. The summed E-state index contributed by atoms with van der Waals surface area (Å²) < 4.78 is 76.3. The fourth-order valence-corrected chi connectivity index (χ4v) is 2.14. The Morgan fingerprint density at radius 1 is 1.05 bits per heavy atom. The van der Waals surface area contributed by atoms with E-state index in [4.69, 9.17) is 5.73 Å². The zero-order valence-corrected chi connectivity index (χ0v) is 10.4. The molecule has 1 aromatic rings. The van der Waals surface area contributed by atoms with Gasteiger partial charge in [-0.1, -0.05) is 18.9 Å². The quantitative estimate of drug-likeness (QED) is 0.815. The molecule has 1 aromatic carbocycles. The van der Waals surface area contributed by atoms with Crippen LogP contribution in [0.4, 0.5) is 26.3 Å². The lowest BCUT2D eigenvalue weighted by Crippen LogP contribution is -2.19. The summed E-state index contributed by atoms with van der Waals surface area (Å²) in [6, 6.07) is 0.749. The summed E-state index contributed by atoms with van der Waals surface area (Å²) in [5.74, 6) is 0.286. The van der Waals surface area contributed by atoms with Crippen molar-refractivity contribution in [2.75, 3.05) is 0 Å². The molecule has 1 aliphatic carbocycles. The monoisotopic (exact) mass is 297 g/mol. The highest BCUT2D eigenvalue weighted by Crippen LogP contribution is 2.42. The van der Waals surface area contributed by atoms with E-state index in [1.165, 1.54) is 0 Å². The summed E-state index contributed by atoms with van der Waals surface area (Å²) in [6.45, 7) is 0. The molecule has 0 unspecified atom stereocenters. The normalized spacial score (nSPS) is 18.1. The molecule has 0 spiro atoms. The molecule has 0 aliphatic heterocycles. The maximum Gasteiger partial charge on any atom is 0.416 e. The first kappa shape index (κ1) is 15.2. The van der Waals surface area contributed by atoms with Crippen LogP contribution in [-0.4, -0.2) is 0 Å². The van der Waals surface area contributed by atoms with Crippen molar-refractivity contribution in [2.45, 2.75) is 37.7 Å². The molecular weight excluding hydrogens is 284 g/mol. The minimum Gasteiger partial charge on any atom is -0.324 e. The predicted octanol–water partition coefficient (Wildman–Crippen LogP) is 4.52. The second-order valence-electron chi connectivity index (χ2n) is 5.08. The maximum atomic E-state index is 12.9. The summed E-state index contributed by atoms with van der Waals surface area (Å²) in [7, 11) is 0. The van der Waals surface area contributed by atoms with Crippen molar-refractivity contribution in [3.63, 3.8) is 0 Å². The van der Waals surface area contributed by atoms with Crippen molar-refractivity contribution in [1.29, 1.82) is 0 Å². The molecule has 0 saturated heterocycles. The van der Waals surface area contributed by atoms with Crippen molar-refractivity contribution in [3.05, 3.63) is 34.9 Å². The van der Waals surface area contributed by atoms with Gasteiger partial charge >= 0.3 is 12.4 Å². The lowest BCUT2D eigenvalue weighted by molar-refractivity contribution is -0.143. The van der Waals surface area contributed by atoms with E-state index in [0.717, 1.165) is 18.9 Å². The van der Waals surface area contributed by atoms with Crippen LogP contribution in [0.2, 0.25) is 0 Å². The molecule has 1 fully saturated rings.